The third-order valence-corrected chi connectivity index (χ3v) is 2.47. The summed E-state index contributed by atoms with van der Waals surface area (Å²) in [6, 6.07) is 3.70. The van der Waals surface area contributed by atoms with Gasteiger partial charge in [-0.15, -0.1) is 0 Å². The molecule has 0 atom stereocenters. The lowest BCUT2D eigenvalue weighted by Crippen LogP contribution is -2.26. The fourth-order valence-electron chi connectivity index (χ4n) is 1.41. The van der Waals surface area contributed by atoms with Gasteiger partial charge in [0.1, 0.15) is 5.76 Å². The van der Waals surface area contributed by atoms with E-state index in [0.29, 0.717) is 6.42 Å². The van der Waals surface area contributed by atoms with E-state index in [4.69, 9.17) is 10.2 Å². The zero-order chi connectivity index (χ0) is 8.60. The lowest BCUT2D eigenvalue weighted by atomic mass is 10.0. The Hall–Kier alpha value is -1.25. The molecule has 1 fully saturated rings. The highest BCUT2D eigenvalue weighted by Gasteiger charge is 2.48. The van der Waals surface area contributed by atoms with Gasteiger partial charge >= 0.3 is 0 Å². The van der Waals surface area contributed by atoms with Crippen molar-refractivity contribution in [2.45, 2.75) is 19.3 Å². The largest absolute Gasteiger partial charge is 0.469 e. The normalized spacial score (nSPS) is 19.0. The van der Waals surface area contributed by atoms with Crippen LogP contribution in [0.2, 0.25) is 0 Å². The van der Waals surface area contributed by atoms with Gasteiger partial charge in [0.25, 0.3) is 0 Å². The Kier molecular flexibility index (Phi) is 1.46. The highest BCUT2D eigenvalue weighted by molar-refractivity contribution is 5.83. The minimum Gasteiger partial charge on any atom is -0.469 e. The first kappa shape index (κ1) is 7.40. The standard InChI is InChI=1S/C9H11NO2/c10-8(11)9(3-4-9)6-7-2-1-5-12-7/h1-2,5H,3-4,6H2,(H2,10,11). The van der Waals surface area contributed by atoms with Gasteiger partial charge in [-0.3, -0.25) is 4.79 Å². The zero-order valence-electron chi connectivity index (χ0n) is 6.75. The number of primary amides is 1. The van der Waals surface area contributed by atoms with E-state index in [0.717, 1.165) is 18.6 Å². The number of furan rings is 1. The first-order valence-electron chi connectivity index (χ1n) is 4.05. The van der Waals surface area contributed by atoms with Gasteiger partial charge in [0.05, 0.1) is 11.7 Å². The molecule has 3 heteroatoms. The summed E-state index contributed by atoms with van der Waals surface area (Å²) in [6.45, 7) is 0. The fraction of sp³-hybridized carbons (Fsp3) is 0.444. The van der Waals surface area contributed by atoms with Crippen LogP contribution in [0, 0.1) is 5.41 Å². The zero-order valence-corrected chi connectivity index (χ0v) is 6.75. The molecule has 1 aliphatic carbocycles. The Morgan fingerprint density at radius 1 is 1.67 bits per heavy atom. The summed E-state index contributed by atoms with van der Waals surface area (Å²) < 4.78 is 5.15. The third kappa shape index (κ3) is 1.11. The quantitative estimate of drug-likeness (QED) is 0.728. The molecule has 0 spiro atoms. The van der Waals surface area contributed by atoms with Crippen molar-refractivity contribution in [3.8, 4) is 0 Å². The molecule has 3 nitrogen and oxygen atoms in total. The first-order valence-corrected chi connectivity index (χ1v) is 4.05. The van der Waals surface area contributed by atoms with Crippen LogP contribution < -0.4 is 5.73 Å². The molecule has 0 aromatic carbocycles. The van der Waals surface area contributed by atoms with Gasteiger partial charge in [-0.25, -0.2) is 0 Å². The van der Waals surface area contributed by atoms with Crippen LogP contribution in [0.4, 0.5) is 0 Å². The lowest BCUT2D eigenvalue weighted by Gasteiger charge is -2.06. The van der Waals surface area contributed by atoms with Gasteiger partial charge in [-0.2, -0.15) is 0 Å². The molecule has 0 bridgehead atoms. The van der Waals surface area contributed by atoms with Crippen molar-refractivity contribution < 1.29 is 9.21 Å². The third-order valence-electron chi connectivity index (χ3n) is 2.47. The minimum atomic E-state index is -0.280. The van der Waals surface area contributed by atoms with E-state index in [9.17, 15) is 4.79 Å². The Labute approximate surface area is 70.5 Å². The molecule has 0 aliphatic heterocycles. The molecule has 0 saturated heterocycles. The van der Waals surface area contributed by atoms with E-state index in [1.165, 1.54) is 0 Å². The van der Waals surface area contributed by atoms with Gasteiger partial charge in [0.2, 0.25) is 5.91 Å². The number of carbonyl (C=O) groups excluding carboxylic acids is 1. The van der Waals surface area contributed by atoms with E-state index >= 15 is 0 Å². The van der Waals surface area contributed by atoms with Crippen molar-refractivity contribution in [2.75, 3.05) is 0 Å². The Morgan fingerprint density at radius 2 is 2.42 bits per heavy atom. The summed E-state index contributed by atoms with van der Waals surface area (Å²) in [5.74, 6) is 0.658. The smallest absolute Gasteiger partial charge is 0.224 e. The van der Waals surface area contributed by atoms with Gasteiger partial charge in [0, 0.05) is 6.42 Å². The SMILES string of the molecule is NC(=O)C1(Cc2ccco2)CC1. The second-order valence-corrected chi connectivity index (χ2v) is 3.40. The second kappa shape index (κ2) is 2.37. The van der Waals surface area contributed by atoms with Crippen LogP contribution >= 0.6 is 0 Å². The van der Waals surface area contributed by atoms with Crippen LogP contribution in [0.5, 0.6) is 0 Å². The Bertz CT molecular complexity index is 285. The highest BCUT2D eigenvalue weighted by atomic mass is 16.3. The summed E-state index contributed by atoms with van der Waals surface area (Å²) >= 11 is 0. The number of hydrogen-bond acceptors (Lipinski definition) is 2. The molecular weight excluding hydrogens is 154 g/mol. The molecule has 0 radical (unpaired) electrons. The number of rotatable bonds is 3. The van der Waals surface area contributed by atoms with E-state index in [2.05, 4.69) is 0 Å². The summed E-state index contributed by atoms with van der Waals surface area (Å²) in [7, 11) is 0. The number of nitrogens with two attached hydrogens (primary N) is 1. The van der Waals surface area contributed by atoms with Crippen LogP contribution in [0.25, 0.3) is 0 Å². The van der Waals surface area contributed by atoms with Gasteiger partial charge in [-0.05, 0) is 25.0 Å². The maximum absolute atomic E-state index is 11.0. The molecule has 1 saturated carbocycles. The Morgan fingerprint density at radius 3 is 2.83 bits per heavy atom. The van der Waals surface area contributed by atoms with Gasteiger partial charge in [-0.1, -0.05) is 0 Å². The number of hydrogen-bond donors (Lipinski definition) is 1. The van der Waals surface area contributed by atoms with Crippen LogP contribution in [0.3, 0.4) is 0 Å². The Balaban J connectivity index is 2.09. The molecule has 64 valence electrons. The minimum absolute atomic E-state index is 0.195. The van der Waals surface area contributed by atoms with Crippen molar-refractivity contribution in [3.05, 3.63) is 24.2 Å². The average Bonchev–Trinajstić information content (AvgIpc) is 2.60. The van der Waals surface area contributed by atoms with E-state index in [1.807, 2.05) is 12.1 Å². The summed E-state index contributed by atoms with van der Waals surface area (Å²) in [5.41, 5.74) is 4.99. The second-order valence-electron chi connectivity index (χ2n) is 3.40. The van der Waals surface area contributed by atoms with Crippen LogP contribution in [-0.2, 0) is 11.2 Å². The van der Waals surface area contributed by atoms with Crippen molar-refractivity contribution in [1.29, 1.82) is 0 Å². The molecule has 1 heterocycles. The molecular formula is C9H11NO2. The molecule has 1 amide bonds. The molecule has 0 unspecified atom stereocenters. The number of amides is 1. The molecule has 1 aliphatic rings. The molecule has 1 aromatic rings. The van der Waals surface area contributed by atoms with Crippen molar-refractivity contribution in [2.24, 2.45) is 11.1 Å². The van der Waals surface area contributed by atoms with E-state index < -0.39 is 0 Å². The van der Waals surface area contributed by atoms with Gasteiger partial charge in [0.15, 0.2) is 0 Å². The number of carbonyl (C=O) groups is 1. The molecule has 2 N–H and O–H groups in total. The molecule has 1 aromatic heterocycles. The maximum atomic E-state index is 11.0. The fourth-order valence-corrected chi connectivity index (χ4v) is 1.41. The van der Waals surface area contributed by atoms with Crippen LogP contribution in [0.15, 0.2) is 22.8 Å². The molecule has 2 rings (SSSR count). The van der Waals surface area contributed by atoms with E-state index in [1.54, 1.807) is 6.26 Å². The van der Waals surface area contributed by atoms with Crippen LogP contribution in [0.1, 0.15) is 18.6 Å². The van der Waals surface area contributed by atoms with Gasteiger partial charge < -0.3 is 10.2 Å². The summed E-state index contributed by atoms with van der Waals surface area (Å²) in [5, 5.41) is 0. The monoisotopic (exact) mass is 165 g/mol. The van der Waals surface area contributed by atoms with E-state index in [-0.39, 0.29) is 11.3 Å². The van der Waals surface area contributed by atoms with Crippen molar-refractivity contribution >= 4 is 5.91 Å². The van der Waals surface area contributed by atoms with Crippen molar-refractivity contribution in [1.82, 2.24) is 0 Å². The predicted octanol–water partition coefficient (Wildman–Crippen LogP) is 1.09. The predicted molar refractivity (Wildman–Crippen MR) is 43.3 cm³/mol. The van der Waals surface area contributed by atoms with Crippen molar-refractivity contribution in [3.63, 3.8) is 0 Å². The first-order chi connectivity index (χ1) is 5.73. The van der Waals surface area contributed by atoms with Crippen LogP contribution in [-0.4, -0.2) is 5.91 Å². The summed E-state index contributed by atoms with van der Waals surface area (Å²) in [6.07, 6.45) is 4.09. The molecule has 12 heavy (non-hydrogen) atoms. The topological polar surface area (TPSA) is 56.2 Å². The summed E-state index contributed by atoms with van der Waals surface area (Å²) in [4.78, 5) is 11.0. The maximum Gasteiger partial charge on any atom is 0.224 e. The average molecular weight is 165 g/mol. The lowest BCUT2D eigenvalue weighted by molar-refractivity contribution is -0.123. The highest BCUT2D eigenvalue weighted by Crippen LogP contribution is 2.48.